The largest absolute Gasteiger partial charge is 0.481 e. The molecule has 0 heterocycles. The summed E-state index contributed by atoms with van der Waals surface area (Å²) in [5, 5.41) is 18.1. The lowest BCUT2D eigenvalue weighted by Crippen LogP contribution is -2.25. The van der Waals surface area contributed by atoms with Gasteiger partial charge in [0.05, 0.1) is 6.10 Å². The third-order valence-corrected chi connectivity index (χ3v) is 3.23. The molecule has 0 spiro atoms. The molecule has 4 atom stereocenters. The van der Waals surface area contributed by atoms with E-state index in [2.05, 4.69) is 0 Å². The monoisotopic (exact) mass is 184 g/mol. The van der Waals surface area contributed by atoms with Crippen LogP contribution in [-0.4, -0.2) is 28.1 Å². The van der Waals surface area contributed by atoms with E-state index < -0.39 is 18.0 Å². The molecular formula is C9H12O4. The molecule has 2 aliphatic carbocycles. The summed E-state index contributed by atoms with van der Waals surface area (Å²) in [5.41, 5.74) is 0. The molecule has 2 N–H and O–H groups in total. The van der Waals surface area contributed by atoms with Crippen molar-refractivity contribution < 1.29 is 19.8 Å². The molecule has 4 heteroatoms. The number of fused-ring (bicyclic) bond motifs is 1. The number of carbonyl (C=O) groups is 2. The SMILES string of the molecule is O=C(O)C1C(=O)CC2CC(O)CC21. The molecule has 0 aromatic heterocycles. The maximum Gasteiger partial charge on any atom is 0.314 e. The quantitative estimate of drug-likeness (QED) is 0.564. The van der Waals surface area contributed by atoms with Crippen molar-refractivity contribution in [1.29, 1.82) is 0 Å². The van der Waals surface area contributed by atoms with Crippen molar-refractivity contribution in [2.45, 2.75) is 25.4 Å². The Kier molecular flexibility index (Phi) is 1.87. The van der Waals surface area contributed by atoms with Gasteiger partial charge in [0, 0.05) is 6.42 Å². The van der Waals surface area contributed by atoms with Crippen LogP contribution in [0.4, 0.5) is 0 Å². The summed E-state index contributed by atoms with van der Waals surface area (Å²) in [4.78, 5) is 22.0. The second kappa shape index (κ2) is 2.80. The number of hydrogen-bond acceptors (Lipinski definition) is 3. The number of ketones is 1. The molecule has 0 saturated heterocycles. The van der Waals surface area contributed by atoms with Gasteiger partial charge in [-0.2, -0.15) is 0 Å². The molecule has 4 unspecified atom stereocenters. The number of carboxylic acid groups (broad SMARTS) is 1. The maximum atomic E-state index is 11.3. The van der Waals surface area contributed by atoms with Crippen LogP contribution < -0.4 is 0 Å². The molecule has 4 nitrogen and oxygen atoms in total. The van der Waals surface area contributed by atoms with E-state index >= 15 is 0 Å². The Morgan fingerprint density at radius 1 is 1.38 bits per heavy atom. The highest BCUT2D eigenvalue weighted by molar-refractivity contribution is 6.00. The smallest absolute Gasteiger partial charge is 0.314 e. The van der Waals surface area contributed by atoms with Gasteiger partial charge in [-0.25, -0.2) is 0 Å². The number of carboxylic acids is 1. The summed E-state index contributed by atoms with van der Waals surface area (Å²) in [5.74, 6) is -2.02. The van der Waals surface area contributed by atoms with E-state index in [-0.39, 0.29) is 17.6 Å². The summed E-state index contributed by atoms with van der Waals surface area (Å²) in [6.45, 7) is 0. The Labute approximate surface area is 75.6 Å². The molecule has 0 amide bonds. The second-order valence-corrected chi connectivity index (χ2v) is 4.04. The number of rotatable bonds is 1. The Hall–Kier alpha value is -0.900. The zero-order valence-electron chi connectivity index (χ0n) is 7.14. The van der Waals surface area contributed by atoms with Gasteiger partial charge in [0.15, 0.2) is 0 Å². The van der Waals surface area contributed by atoms with Crippen molar-refractivity contribution in [1.82, 2.24) is 0 Å². The molecule has 2 fully saturated rings. The van der Waals surface area contributed by atoms with Crippen LogP contribution in [0.15, 0.2) is 0 Å². The Morgan fingerprint density at radius 2 is 2.08 bits per heavy atom. The van der Waals surface area contributed by atoms with Gasteiger partial charge >= 0.3 is 5.97 Å². The minimum Gasteiger partial charge on any atom is -0.481 e. The normalized spacial score (nSPS) is 43.6. The van der Waals surface area contributed by atoms with Crippen LogP contribution in [0.1, 0.15) is 19.3 Å². The van der Waals surface area contributed by atoms with E-state index in [1.165, 1.54) is 0 Å². The fourth-order valence-electron chi connectivity index (χ4n) is 2.72. The summed E-state index contributed by atoms with van der Waals surface area (Å²) < 4.78 is 0. The Balaban J connectivity index is 2.19. The molecule has 0 aromatic rings. The summed E-state index contributed by atoms with van der Waals surface area (Å²) in [6.07, 6.45) is 1.02. The van der Waals surface area contributed by atoms with Crippen LogP contribution in [-0.2, 0) is 9.59 Å². The van der Waals surface area contributed by atoms with E-state index in [4.69, 9.17) is 5.11 Å². The van der Waals surface area contributed by atoms with Crippen molar-refractivity contribution >= 4 is 11.8 Å². The summed E-state index contributed by atoms with van der Waals surface area (Å²) >= 11 is 0. The number of aliphatic hydroxyl groups excluding tert-OH is 1. The molecule has 0 bridgehead atoms. The van der Waals surface area contributed by atoms with Crippen molar-refractivity contribution in [3.63, 3.8) is 0 Å². The van der Waals surface area contributed by atoms with E-state index in [1.807, 2.05) is 0 Å². The fraction of sp³-hybridized carbons (Fsp3) is 0.778. The first-order chi connectivity index (χ1) is 6.09. The molecule has 0 aliphatic heterocycles. The second-order valence-electron chi connectivity index (χ2n) is 4.04. The number of aliphatic carboxylic acids is 1. The van der Waals surface area contributed by atoms with Crippen molar-refractivity contribution in [2.75, 3.05) is 0 Å². The summed E-state index contributed by atoms with van der Waals surface area (Å²) in [7, 11) is 0. The topological polar surface area (TPSA) is 74.6 Å². The van der Waals surface area contributed by atoms with Crippen LogP contribution in [0.25, 0.3) is 0 Å². The third kappa shape index (κ3) is 1.25. The van der Waals surface area contributed by atoms with E-state index in [9.17, 15) is 14.7 Å². The first kappa shape index (κ1) is 8.69. The third-order valence-electron chi connectivity index (χ3n) is 3.23. The fourth-order valence-corrected chi connectivity index (χ4v) is 2.72. The van der Waals surface area contributed by atoms with E-state index in [0.717, 1.165) is 0 Å². The average molecular weight is 184 g/mol. The predicted octanol–water partition coefficient (Wildman–Crippen LogP) is 0.0471. The molecule has 0 aromatic carbocycles. The van der Waals surface area contributed by atoms with Crippen LogP contribution in [0.2, 0.25) is 0 Å². The lowest BCUT2D eigenvalue weighted by Gasteiger charge is -2.11. The Morgan fingerprint density at radius 3 is 2.69 bits per heavy atom. The van der Waals surface area contributed by atoms with E-state index in [0.29, 0.717) is 19.3 Å². The van der Waals surface area contributed by atoms with Crippen LogP contribution in [0.3, 0.4) is 0 Å². The van der Waals surface area contributed by atoms with Gasteiger partial charge in [0.25, 0.3) is 0 Å². The summed E-state index contributed by atoms with van der Waals surface area (Å²) in [6, 6.07) is 0. The zero-order chi connectivity index (χ0) is 9.59. The lowest BCUT2D eigenvalue weighted by molar-refractivity contribution is -0.146. The standard InChI is InChI=1S/C9H12O4/c10-5-1-4-2-7(11)8(9(12)13)6(4)3-5/h4-6,8,10H,1-3H2,(H,12,13). The van der Waals surface area contributed by atoms with Crippen molar-refractivity contribution in [3.05, 3.63) is 0 Å². The van der Waals surface area contributed by atoms with Gasteiger partial charge in [-0.15, -0.1) is 0 Å². The number of hydrogen-bond donors (Lipinski definition) is 2. The highest BCUT2D eigenvalue weighted by atomic mass is 16.4. The zero-order valence-corrected chi connectivity index (χ0v) is 7.14. The number of carbonyl (C=O) groups excluding carboxylic acids is 1. The van der Waals surface area contributed by atoms with Crippen LogP contribution >= 0.6 is 0 Å². The van der Waals surface area contributed by atoms with Gasteiger partial charge in [0.1, 0.15) is 11.7 Å². The van der Waals surface area contributed by atoms with Crippen molar-refractivity contribution in [2.24, 2.45) is 17.8 Å². The minimum atomic E-state index is -1.02. The molecule has 72 valence electrons. The molecule has 2 rings (SSSR count). The van der Waals surface area contributed by atoms with E-state index in [1.54, 1.807) is 0 Å². The van der Waals surface area contributed by atoms with Crippen LogP contribution in [0.5, 0.6) is 0 Å². The first-order valence-corrected chi connectivity index (χ1v) is 4.53. The maximum absolute atomic E-state index is 11.3. The predicted molar refractivity (Wildman–Crippen MR) is 43.0 cm³/mol. The Bertz CT molecular complexity index is 260. The van der Waals surface area contributed by atoms with Crippen LogP contribution in [0, 0.1) is 17.8 Å². The van der Waals surface area contributed by atoms with Gasteiger partial charge in [-0.3, -0.25) is 9.59 Å². The van der Waals surface area contributed by atoms with Gasteiger partial charge in [-0.1, -0.05) is 0 Å². The minimum absolute atomic E-state index is 0.111. The highest BCUT2D eigenvalue weighted by Gasteiger charge is 2.50. The molecule has 0 radical (unpaired) electrons. The van der Waals surface area contributed by atoms with Gasteiger partial charge < -0.3 is 10.2 Å². The number of Topliss-reactive ketones (excluding diaryl/α,β-unsaturated/α-hetero) is 1. The molecule has 2 saturated carbocycles. The van der Waals surface area contributed by atoms with Crippen molar-refractivity contribution in [3.8, 4) is 0 Å². The molecular weight excluding hydrogens is 172 g/mol. The van der Waals surface area contributed by atoms with Gasteiger partial charge in [0.2, 0.25) is 0 Å². The average Bonchev–Trinajstić information content (AvgIpc) is 2.41. The molecule has 13 heavy (non-hydrogen) atoms. The first-order valence-electron chi connectivity index (χ1n) is 4.53. The highest BCUT2D eigenvalue weighted by Crippen LogP contribution is 2.45. The lowest BCUT2D eigenvalue weighted by atomic mass is 9.92. The van der Waals surface area contributed by atoms with Gasteiger partial charge in [-0.05, 0) is 24.7 Å². The number of aliphatic hydroxyl groups is 1. The molecule has 2 aliphatic rings.